The number of piperazine rings is 1. The Kier molecular flexibility index (Phi) is 7.78. The van der Waals surface area contributed by atoms with Gasteiger partial charge in [-0.3, -0.25) is 4.79 Å². The molecule has 2 aromatic rings. The third-order valence-corrected chi connectivity index (χ3v) is 5.88. The molecular weight excluding hydrogens is 400 g/mol. The molecule has 0 atom stereocenters. The number of anilines is 2. The number of unbranched alkanes of at least 4 members (excludes halogenated alkanes) is 1. The summed E-state index contributed by atoms with van der Waals surface area (Å²) in [5, 5.41) is 5.96. The molecule has 1 saturated heterocycles. The van der Waals surface area contributed by atoms with Crippen molar-refractivity contribution in [3.8, 4) is 0 Å². The van der Waals surface area contributed by atoms with E-state index < -0.39 is 0 Å². The van der Waals surface area contributed by atoms with Crippen molar-refractivity contribution < 1.29 is 9.59 Å². The fourth-order valence-corrected chi connectivity index (χ4v) is 3.73. The van der Waals surface area contributed by atoms with Crippen LogP contribution in [0.15, 0.2) is 48.5 Å². The molecule has 3 amide bonds. The number of nitrogens with one attached hydrogen (secondary N) is 2. The summed E-state index contributed by atoms with van der Waals surface area (Å²) in [6.45, 7) is 12.3. The first-order valence-electron chi connectivity index (χ1n) is 11.6. The number of carbonyl (C=O) groups excluding carboxylic acids is 2. The topological polar surface area (TPSA) is 64.7 Å². The van der Waals surface area contributed by atoms with E-state index >= 15 is 0 Å². The monoisotopic (exact) mass is 436 g/mol. The highest BCUT2D eigenvalue weighted by Gasteiger charge is 2.21. The zero-order chi connectivity index (χ0) is 23.1. The van der Waals surface area contributed by atoms with Gasteiger partial charge < -0.3 is 20.4 Å². The summed E-state index contributed by atoms with van der Waals surface area (Å²) in [5.41, 5.74) is 3.79. The maximum atomic E-state index is 12.6. The quantitative estimate of drug-likeness (QED) is 0.635. The van der Waals surface area contributed by atoms with Crippen molar-refractivity contribution in [3.63, 3.8) is 0 Å². The highest BCUT2D eigenvalue weighted by molar-refractivity contribution is 6.04. The molecule has 32 heavy (non-hydrogen) atoms. The molecule has 0 aromatic heterocycles. The van der Waals surface area contributed by atoms with Gasteiger partial charge in [0.2, 0.25) is 0 Å². The summed E-state index contributed by atoms with van der Waals surface area (Å²) < 4.78 is 0. The molecular formula is C26H36N4O2. The van der Waals surface area contributed by atoms with Gasteiger partial charge >= 0.3 is 6.03 Å². The first-order valence-corrected chi connectivity index (χ1v) is 11.6. The van der Waals surface area contributed by atoms with Gasteiger partial charge in [0, 0.05) is 49.7 Å². The van der Waals surface area contributed by atoms with Crippen LogP contribution in [0.25, 0.3) is 0 Å². The maximum absolute atomic E-state index is 12.6. The van der Waals surface area contributed by atoms with E-state index in [0.29, 0.717) is 18.7 Å². The Balaban J connectivity index is 1.51. The van der Waals surface area contributed by atoms with Crippen molar-refractivity contribution in [3.05, 3.63) is 59.7 Å². The van der Waals surface area contributed by atoms with Crippen LogP contribution in [0.4, 0.5) is 16.2 Å². The molecule has 1 aliphatic rings. The number of amides is 3. The molecule has 0 unspecified atom stereocenters. The Morgan fingerprint density at radius 2 is 1.53 bits per heavy atom. The van der Waals surface area contributed by atoms with Gasteiger partial charge in [-0.2, -0.15) is 0 Å². The van der Waals surface area contributed by atoms with Crippen LogP contribution in [0.3, 0.4) is 0 Å². The molecule has 0 bridgehead atoms. The van der Waals surface area contributed by atoms with Gasteiger partial charge in [-0.05, 0) is 53.8 Å². The number of urea groups is 1. The molecule has 172 valence electrons. The lowest BCUT2D eigenvalue weighted by molar-refractivity contribution is 0.102. The number of nitrogens with zero attached hydrogens (tertiary/aromatic N) is 2. The van der Waals surface area contributed by atoms with Gasteiger partial charge in [0.05, 0.1) is 0 Å². The van der Waals surface area contributed by atoms with Crippen LogP contribution in [-0.4, -0.2) is 49.6 Å². The minimum absolute atomic E-state index is 0.0340. The Morgan fingerprint density at radius 3 is 2.09 bits per heavy atom. The van der Waals surface area contributed by atoms with Crippen molar-refractivity contribution in [1.29, 1.82) is 0 Å². The average Bonchev–Trinajstić information content (AvgIpc) is 2.79. The molecule has 0 saturated carbocycles. The number of carbonyl (C=O) groups is 2. The van der Waals surface area contributed by atoms with Gasteiger partial charge in [-0.25, -0.2) is 4.79 Å². The van der Waals surface area contributed by atoms with Crippen LogP contribution >= 0.6 is 0 Å². The molecule has 6 heteroatoms. The molecule has 0 radical (unpaired) electrons. The van der Waals surface area contributed by atoms with Crippen LogP contribution in [-0.2, 0) is 5.41 Å². The van der Waals surface area contributed by atoms with Crippen molar-refractivity contribution in [2.45, 2.75) is 46.0 Å². The van der Waals surface area contributed by atoms with Crippen LogP contribution in [0, 0.1) is 0 Å². The highest BCUT2D eigenvalue weighted by atomic mass is 16.2. The fourth-order valence-electron chi connectivity index (χ4n) is 3.73. The minimum atomic E-state index is -0.110. The van der Waals surface area contributed by atoms with Crippen LogP contribution in [0.1, 0.15) is 56.5 Å². The second kappa shape index (κ2) is 10.5. The second-order valence-corrected chi connectivity index (χ2v) is 9.39. The lowest BCUT2D eigenvalue weighted by Gasteiger charge is -2.36. The van der Waals surface area contributed by atoms with Crippen molar-refractivity contribution >= 4 is 23.3 Å². The standard InChI is InChI=1S/C26H36N4O2/c1-5-6-15-27-25(32)30-18-16-29(17-19-30)23-13-11-22(12-14-23)28-24(31)20-7-9-21(10-8-20)26(2,3)4/h7-14H,5-6,15-19H2,1-4H3,(H,27,32)(H,28,31). The van der Waals surface area contributed by atoms with E-state index in [2.05, 4.69) is 43.2 Å². The number of hydrogen-bond acceptors (Lipinski definition) is 3. The number of benzene rings is 2. The summed E-state index contributed by atoms with van der Waals surface area (Å²) in [6, 6.07) is 15.7. The van der Waals surface area contributed by atoms with Crippen LogP contribution in [0.2, 0.25) is 0 Å². The lowest BCUT2D eigenvalue weighted by atomic mass is 9.87. The van der Waals surface area contributed by atoms with Gasteiger partial charge in [-0.15, -0.1) is 0 Å². The van der Waals surface area contributed by atoms with Crippen molar-refractivity contribution in [1.82, 2.24) is 10.2 Å². The number of rotatable bonds is 6. The normalized spacial score (nSPS) is 14.2. The molecule has 6 nitrogen and oxygen atoms in total. The van der Waals surface area contributed by atoms with E-state index in [0.717, 1.165) is 43.9 Å². The Labute approximate surface area is 192 Å². The molecule has 1 heterocycles. The van der Waals surface area contributed by atoms with E-state index in [9.17, 15) is 9.59 Å². The summed E-state index contributed by atoms with van der Waals surface area (Å²) in [4.78, 5) is 28.9. The molecule has 2 aromatic carbocycles. The fraction of sp³-hybridized carbons (Fsp3) is 0.462. The third kappa shape index (κ3) is 6.25. The first-order chi connectivity index (χ1) is 15.3. The SMILES string of the molecule is CCCCNC(=O)N1CCN(c2ccc(NC(=O)c3ccc(C(C)(C)C)cc3)cc2)CC1. The zero-order valence-electron chi connectivity index (χ0n) is 19.8. The lowest BCUT2D eigenvalue weighted by Crippen LogP contribution is -2.52. The summed E-state index contributed by atoms with van der Waals surface area (Å²) >= 11 is 0. The predicted molar refractivity (Wildman–Crippen MR) is 132 cm³/mol. The van der Waals surface area contributed by atoms with Crippen molar-refractivity contribution in [2.24, 2.45) is 0 Å². The summed E-state index contributed by atoms with van der Waals surface area (Å²) in [5.74, 6) is -0.110. The van der Waals surface area contributed by atoms with E-state index in [1.807, 2.05) is 53.4 Å². The van der Waals surface area contributed by atoms with E-state index in [1.165, 1.54) is 5.56 Å². The van der Waals surface area contributed by atoms with Gasteiger partial charge in [0.15, 0.2) is 0 Å². The molecule has 1 aliphatic heterocycles. The number of hydrogen-bond donors (Lipinski definition) is 2. The molecule has 2 N–H and O–H groups in total. The third-order valence-electron chi connectivity index (χ3n) is 5.88. The Bertz CT molecular complexity index is 893. The second-order valence-electron chi connectivity index (χ2n) is 9.39. The van der Waals surface area contributed by atoms with Crippen molar-refractivity contribution in [2.75, 3.05) is 42.9 Å². The van der Waals surface area contributed by atoms with Crippen LogP contribution in [0.5, 0.6) is 0 Å². The first kappa shape index (κ1) is 23.6. The molecule has 0 aliphatic carbocycles. The Hall–Kier alpha value is -3.02. The van der Waals surface area contributed by atoms with E-state index in [4.69, 9.17) is 0 Å². The maximum Gasteiger partial charge on any atom is 0.317 e. The predicted octanol–water partition coefficient (Wildman–Crippen LogP) is 4.87. The Morgan fingerprint density at radius 1 is 0.906 bits per heavy atom. The minimum Gasteiger partial charge on any atom is -0.368 e. The molecule has 1 fully saturated rings. The summed E-state index contributed by atoms with van der Waals surface area (Å²) in [7, 11) is 0. The van der Waals surface area contributed by atoms with Crippen LogP contribution < -0.4 is 15.5 Å². The largest absolute Gasteiger partial charge is 0.368 e. The van der Waals surface area contributed by atoms with Gasteiger partial charge in [-0.1, -0.05) is 46.2 Å². The average molecular weight is 437 g/mol. The van der Waals surface area contributed by atoms with Gasteiger partial charge in [0.25, 0.3) is 5.91 Å². The smallest absolute Gasteiger partial charge is 0.317 e. The van der Waals surface area contributed by atoms with E-state index in [-0.39, 0.29) is 17.4 Å². The molecule has 0 spiro atoms. The van der Waals surface area contributed by atoms with Gasteiger partial charge in [0.1, 0.15) is 0 Å². The molecule has 3 rings (SSSR count). The highest BCUT2D eigenvalue weighted by Crippen LogP contribution is 2.23. The zero-order valence-corrected chi connectivity index (χ0v) is 19.8. The van der Waals surface area contributed by atoms with E-state index in [1.54, 1.807) is 0 Å². The summed E-state index contributed by atoms with van der Waals surface area (Å²) in [6.07, 6.45) is 2.09.